The van der Waals surface area contributed by atoms with E-state index in [0.717, 1.165) is 0 Å². The third-order valence-electron chi connectivity index (χ3n) is 0.865. The highest BCUT2D eigenvalue weighted by atomic mass is 31.1. The van der Waals surface area contributed by atoms with Crippen molar-refractivity contribution < 1.29 is 18.9 Å². The first-order valence-electron chi connectivity index (χ1n) is 2.47. The van der Waals surface area contributed by atoms with E-state index in [-0.39, 0.29) is 19.3 Å². The van der Waals surface area contributed by atoms with Gasteiger partial charge in [-0.25, -0.2) is 0 Å². The minimum Gasteiger partial charge on any atom is -0.394 e. The van der Waals surface area contributed by atoms with Crippen molar-refractivity contribution in [1.82, 2.24) is 0 Å². The van der Waals surface area contributed by atoms with Crippen LogP contribution in [0.2, 0.25) is 0 Å². The van der Waals surface area contributed by atoms with Gasteiger partial charge in [0.15, 0.2) is 0 Å². The van der Waals surface area contributed by atoms with Gasteiger partial charge in [0.25, 0.3) is 0 Å². The van der Waals surface area contributed by atoms with Gasteiger partial charge in [-0.15, -0.1) is 4.52 Å². The van der Waals surface area contributed by atoms with Crippen molar-refractivity contribution in [1.29, 1.82) is 0 Å². The average Bonchev–Trinajstić information content (AvgIpc) is 1.91. The molecule has 0 saturated heterocycles. The molecule has 2 atom stereocenters. The quantitative estimate of drug-likeness (QED) is 0.562. The van der Waals surface area contributed by atoms with Crippen LogP contribution in [-0.2, 0) is 13.8 Å². The Bertz CT molecular complexity index is 73.0. The van der Waals surface area contributed by atoms with Crippen LogP contribution in [-0.4, -0.2) is 31.5 Å². The third-order valence-corrected chi connectivity index (χ3v) is 1.15. The SMILES string of the molecule is COC(CO)CO[PH+]=O. The highest BCUT2D eigenvalue weighted by Gasteiger charge is 2.06. The van der Waals surface area contributed by atoms with E-state index < -0.39 is 8.69 Å². The summed E-state index contributed by atoms with van der Waals surface area (Å²) in [6.07, 6.45) is -0.355. The van der Waals surface area contributed by atoms with Crippen molar-refractivity contribution in [2.45, 2.75) is 6.10 Å². The van der Waals surface area contributed by atoms with Crippen molar-refractivity contribution in [3.05, 3.63) is 0 Å². The highest BCUT2D eigenvalue weighted by molar-refractivity contribution is 7.17. The lowest BCUT2D eigenvalue weighted by molar-refractivity contribution is 0.0195. The summed E-state index contributed by atoms with van der Waals surface area (Å²) in [7, 11) is 0.672. The number of rotatable bonds is 5. The number of aliphatic hydroxyl groups is 1. The Morgan fingerprint density at radius 2 is 2.44 bits per heavy atom. The van der Waals surface area contributed by atoms with E-state index in [1.54, 1.807) is 0 Å². The van der Waals surface area contributed by atoms with Crippen molar-refractivity contribution in [2.75, 3.05) is 20.3 Å². The molecule has 0 fully saturated rings. The first kappa shape index (κ1) is 8.98. The number of methoxy groups -OCH3 is 1. The Labute approximate surface area is 55.1 Å². The van der Waals surface area contributed by atoms with Gasteiger partial charge in [-0.3, -0.25) is 0 Å². The van der Waals surface area contributed by atoms with Crippen molar-refractivity contribution in [3.63, 3.8) is 0 Å². The maximum atomic E-state index is 9.73. The molecule has 0 bridgehead atoms. The molecular formula is C4H10O4P+. The monoisotopic (exact) mass is 153 g/mol. The van der Waals surface area contributed by atoms with E-state index in [2.05, 4.69) is 4.52 Å². The Morgan fingerprint density at radius 3 is 2.78 bits per heavy atom. The van der Waals surface area contributed by atoms with Gasteiger partial charge < -0.3 is 9.84 Å². The molecule has 0 saturated carbocycles. The first-order chi connectivity index (χ1) is 4.35. The normalized spacial score (nSPS) is 14.0. The number of hydrogen-bond acceptors (Lipinski definition) is 4. The zero-order chi connectivity index (χ0) is 7.11. The van der Waals surface area contributed by atoms with Crippen LogP contribution in [0.3, 0.4) is 0 Å². The molecule has 0 spiro atoms. The Morgan fingerprint density at radius 1 is 1.78 bits per heavy atom. The number of hydrogen-bond donors (Lipinski definition) is 1. The van der Waals surface area contributed by atoms with E-state index in [1.807, 2.05) is 0 Å². The first-order valence-corrected chi connectivity index (χ1v) is 3.29. The van der Waals surface area contributed by atoms with Crippen LogP contribution in [0.1, 0.15) is 0 Å². The Hall–Kier alpha value is -0.0200. The molecule has 0 aromatic rings. The highest BCUT2D eigenvalue weighted by Crippen LogP contribution is 1.97. The summed E-state index contributed by atoms with van der Waals surface area (Å²) < 4.78 is 18.9. The van der Waals surface area contributed by atoms with Crippen molar-refractivity contribution in [2.24, 2.45) is 0 Å². The second kappa shape index (κ2) is 6.11. The van der Waals surface area contributed by atoms with Crippen molar-refractivity contribution in [3.8, 4) is 0 Å². The maximum Gasteiger partial charge on any atom is 0.494 e. The lowest BCUT2D eigenvalue weighted by Crippen LogP contribution is -2.20. The third kappa shape index (κ3) is 4.48. The molecule has 0 aliphatic heterocycles. The maximum absolute atomic E-state index is 9.73. The van der Waals surface area contributed by atoms with Crippen LogP contribution in [0.5, 0.6) is 0 Å². The summed E-state index contributed by atoms with van der Waals surface area (Å²) in [5.41, 5.74) is 0. The van der Waals surface area contributed by atoms with Gasteiger partial charge in [0, 0.05) is 7.11 Å². The molecule has 0 amide bonds. The summed E-state index contributed by atoms with van der Waals surface area (Å²) in [6.45, 7) is 0.0654. The largest absolute Gasteiger partial charge is 0.494 e. The molecule has 9 heavy (non-hydrogen) atoms. The van der Waals surface area contributed by atoms with Crippen LogP contribution >= 0.6 is 8.69 Å². The molecule has 0 aliphatic rings. The van der Waals surface area contributed by atoms with E-state index in [0.29, 0.717) is 0 Å². The second-order valence-corrected chi connectivity index (χ2v) is 1.89. The number of aliphatic hydroxyl groups excluding tert-OH is 1. The summed E-state index contributed by atoms with van der Waals surface area (Å²) >= 11 is 0. The van der Waals surface area contributed by atoms with E-state index in [1.165, 1.54) is 7.11 Å². The fraction of sp³-hybridized carbons (Fsp3) is 1.00. The van der Waals surface area contributed by atoms with Gasteiger partial charge in [0.1, 0.15) is 12.7 Å². The summed E-state index contributed by atoms with van der Waals surface area (Å²) in [5.74, 6) is 0. The van der Waals surface area contributed by atoms with Gasteiger partial charge in [-0.1, -0.05) is 0 Å². The smallest absolute Gasteiger partial charge is 0.394 e. The van der Waals surface area contributed by atoms with E-state index in [9.17, 15) is 4.57 Å². The van der Waals surface area contributed by atoms with E-state index >= 15 is 0 Å². The van der Waals surface area contributed by atoms with E-state index in [4.69, 9.17) is 9.84 Å². The Kier molecular flexibility index (Phi) is 6.09. The predicted octanol–water partition coefficient (Wildman–Crippen LogP) is -0.0507. The lowest BCUT2D eigenvalue weighted by Gasteiger charge is -2.05. The molecule has 5 heteroatoms. The molecule has 0 radical (unpaired) electrons. The van der Waals surface area contributed by atoms with Crippen LogP contribution in [0, 0.1) is 0 Å². The van der Waals surface area contributed by atoms with Gasteiger partial charge >= 0.3 is 8.69 Å². The molecule has 0 aliphatic carbocycles. The predicted molar refractivity (Wildman–Crippen MR) is 32.8 cm³/mol. The van der Waals surface area contributed by atoms with Crippen molar-refractivity contribution >= 4 is 8.69 Å². The topological polar surface area (TPSA) is 55.8 Å². The summed E-state index contributed by atoms with van der Waals surface area (Å²) in [6, 6.07) is 0. The molecule has 1 N–H and O–H groups in total. The van der Waals surface area contributed by atoms with Crippen LogP contribution in [0.15, 0.2) is 0 Å². The standard InChI is InChI=1S/C4H10O4P/c1-7-4(2-5)3-8-9-6/h4-5,9H,2-3H2,1H3/q+1. The van der Waals surface area contributed by atoms with Gasteiger partial charge in [-0.05, 0) is 4.57 Å². The van der Waals surface area contributed by atoms with Gasteiger partial charge in [0.2, 0.25) is 0 Å². The molecule has 0 rings (SSSR count). The minimum atomic E-state index is -0.784. The molecule has 2 unspecified atom stereocenters. The number of ether oxygens (including phenoxy) is 1. The fourth-order valence-corrected chi connectivity index (χ4v) is 0.576. The summed E-state index contributed by atoms with van der Waals surface area (Å²) in [5, 5.41) is 8.45. The molecule has 54 valence electrons. The zero-order valence-corrected chi connectivity index (χ0v) is 6.16. The fourth-order valence-electron chi connectivity index (χ4n) is 0.322. The molecule has 4 nitrogen and oxygen atoms in total. The molecule has 0 aromatic heterocycles. The molecule has 0 aromatic carbocycles. The molecular weight excluding hydrogens is 143 g/mol. The van der Waals surface area contributed by atoms with Gasteiger partial charge in [-0.2, -0.15) is 0 Å². The molecule has 0 heterocycles. The van der Waals surface area contributed by atoms with Crippen LogP contribution in [0.25, 0.3) is 0 Å². The lowest BCUT2D eigenvalue weighted by atomic mass is 10.4. The zero-order valence-electron chi connectivity index (χ0n) is 5.16. The average molecular weight is 153 g/mol. The minimum absolute atomic E-state index is 0.110. The van der Waals surface area contributed by atoms with Crippen LogP contribution < -0.4 is 0 Å². The van der Waals surface area contributed by atoms with Gasteiger partial charge in [0.05, 0.1) is 6.61 Å². The summed E-state index contributed by atoms with van der Waals surface area (Å²) in [4.78, 5) is 0. The second-order valence-electron chi connectivity index (χ2n) is 1.43. The Balaban J connectivity index is 3.19. The van der Waals surface area contributed by atoms with Crippen LogP contribution in [0.4, 0.5) is 0 Å².